The molecule has 9 nitrogen and oxygen atoms in total. The number of ether oxygens (including phenoxy) is 1. The molecule has 0 amide bonds. The third-order valence-electron chi connectivity index (χ3n) is 6.15. The van der Waals surface area contributed by atoms with Gasteiger partial charge in [0.05, 0.1) is 23.2 Å². The molecule has 0 radical (unpaired) electrons. The van der Waals surface area contributed by atoms with Gasteiger partial charge in [-0.3, -0.25) is 0 Å². The second kappa shape index (κ2) is 10.6. The monoisotopic (exact) mass is 499 g/mol. The number of hydrogen-bond donors (Lipinski definition) is 2. The van der Waals surface area contributed by atoms with Crippen molar-refractivity contribution in [2.45, 2.75) is 70.8 Å². The largest absolute Gasteiger partial charge is 0.593 e. The van der Waals surface area contributed by atoms with Crippen molar-refractivity contribution in [1.82, 2.24) is 24.5 Å². The molecule has 1 fully saturated rings. The first-order valence-electron chi connectivity index (χ1n) is 12.2. The lowest BCUT2D eigenvalue weighted by molar-refractivity contribution is 0.105. The molecule has 1 aliphatic heterocycles. The first-order valence-corrected chi connectivity index (χ1v) is 13.4. The Kier molecular flexibility index (Phi) is 7.73. The Labute approximate surface area is 211 Å². The summed E-state index contributed by atoms with van der Waals surface area (Å²) < 4.78 is 23.4. The summed E-state index contributed by atoms with van der Waals surface area (Å²) in [5.41, 5.74) is 3.60. The number of nitrogens with one attached hydrogen (secondary N) is 2. The molecule has 0 bridgehead atoms. The van der Waals surface area contributed by atoms with Crippen LogP contribution in [0.3, 0.4) is 0 Å². The molecular weight excluding hydrogens is 462 g/mol. The lowest BCUT2D eigenvalue weighted by Crippen LogP contribution is -2.36. The van der Waals surface area contributed by atoms with E-state index in [9.17, 15) is 4.55 Å². The number of para-hydroxylation sites is 1. The fraction of sp³-hybridized carbons (Fsp3) is 0.560. The Hall–Kier alpha value is -2.56. The van der Waals surface area contributed by atoms with Gasteiger partial charge in [-0.05, 0) is 58.2 Å². The Bertz CT molecular complexity index is 1140. The van der Waals surface area contributed by atoms with Gasteiger partial charge in [0.25, 0.3) is 0 Å². The number of fused-ring (bicyclic) bond motifs is 1. The summed E-state index contributed by atoms with van der Waals surface area (Å²) in [6, 6.07) is 8.22. The van der Waals surface area contributed by atoms with E-state index in [0.717, 1.165) is 48.4 Å². The van der Waals surface area contributed by atoms with E-state index < -0.39 is 11.4 Å². The molecule has 190 valence electrons. The van der Waals surface area contributed by atoms with E-state index in [1.807, 2.05) is 51.2 Å². The van der Waals surface area contributed by atoms with E-state index in [1.165, 1.54) is 0 Å². The number of aromatic nitrogens is 4. The van der Waals surface area contributed by atoms with Crippen LogP contribution < -0.4 is 14.8 Å². The van der Waals surface area contributed by atoms with Crippen LogP contribution in [0.1, 0.15) is 64.5 Å². The van der Waals surface area contributed by atoms with Crippen LogP contribution >= 0.6 is 0 Å². The zero-order valence-electron chi connectivity index (χ0n) is 21.5. The zero-order valence-corrected chi connectivity index (χ0v) is 22.4. The molecular formula is C25H37N7O2S. The first-order chi connectivity index (χ1) is 16.6. The van der Waals surface area contributed by atoms with Crippen LogP contribution in [-0.2, 0) is 17.9 Å². The van der Waals surface area contributed by atoms with Gasteiger partial charge >= 0.3 is 6.01 Å². The SMILES string of the molecule is CC(C)c1cnn2c(NCc3ccccc3N[S+]([O-])C(C)(C)C)nc(OC3CCN(C)CC3)nc12. The van der Waals surface area contributed by atoms with Crippen molar-refractivity contribution < 1.29 is 9.29 Å². The summed E-state index contributed by atoms with van der Waals surface area (Å²) in [5, 5.41) is 7.97. The van der Waals surface area contributed by atoms with Gasteiger partial charge in [-0.15, -0.1) is 0 Å². The Balaban J connectivity index is 1.59. The van der Waals surface area contributed by atoms with E-state index in [2.05, 4.69) is 40.9 Å². The average Bonchev–Trinajstić information content (AvgIpc) is 3.24. The quantitative estimate of drug-likeness (QED) is 0.445. The second-order valence-corrected chi connectivity index (χ2v) is 12.4. The van der Waals surface area contributed by atoms with Crippen molar-refractivity contribution in [3.8, 4) is 6.01 Å². The van der Waals surface area contributed by atoms with Gasteiger partial charge in [-0.25, -0.2) is 4.72 Å². The zero-order chi connectivity index (χ0) is 25.2. The minimum absolute atomic E-state index is 0.101. The lowest BCUT2D eigenvalue weighted by Gasteiger charge is -2.28. The van der Waals surface area contributed by atoms with Crippen molar-refractivity contribution >= 4 is 28.6 Å². The van der Waals surface area contributed by atoms with Crippen molar-refractivity contribution in [1.29, 1.82) is 0 Å². The Morgan fingerprint density at radius 2 is 1.89 bits per heavy atom. The number of likely N-dealkylation sites (tertiary alicyclic amines) is 1. The van der Waals surface area contributed by atoms with E-state index in [0.29, 0.717) is 18.5 Å². The topological polar surface area (TPSA) is 103 Å². The van der Waals surface area contributed by atoms with Crippen LogP contribution in [0, 0.1) is 0 Å². The van der Waals surface area contributed by atoms with Crippen molar-refractivity contribution in [3.63, 3.8) is 0 Å². The van der Waals surface area contributed by atoms with Gasteiger partial charge in [0.2, 0.25) is 5.95 Å². The van der Waals surface area contributed by atoms with Gasteiger partial charge in [-0.1, -0.05) is 32.0 Å². The summed E-state index contributed by atoms with van der Waals surface area (Å²) in [6.07, 6.45) is 3.85. The van der Waals surface area contributed by atoms with Crippen LogP contribution in [0.4, 0.5) is 11.6 Å². The summed E-state index contributed by atoms with van der Waals surface area (Å²) in [5.74, 6) is 0.834. The first kappa shape index (κ1) is 25.5. The van der Waals surface area contributed by atoms with Crippen LogP contribution in [0.5, 0.6) is 6.01 Å². The molecule has 3 aromatic rings. The smallest absolute Gasteiger partial charge is 0.322 e. The van der Waals surface area contributed by atoms with Crippen LogP contribution in [0.25, 0.3) is 5.65 Å². The van der Waals surface area contributed by atoms with Gasteiger partial charge in [0.15, 0.2) is 5.65 Å². The van der Waals surface area contributed by atoms with Crippen molar-refractivity contribution in [2.75, 3.05) is 30.2 Å². The van der Waals surface area contributed by atoms with Crippen molar-refractivity contribution in [2.24, 2.45) is 0 Å². The van der Waals surface area contributed by atoms with Gasteiger partial charge < -0.3 is 19.5 Å². The number of benzene rings is 1. The fourth-order valence-corrected chi connectivity index (χ4v) is 4.61. The predicted octanol–water partition coefficient (Wildman–Crippen LogP) is 4.21. The molecule has 2 aromatic heterocycles. The maximum absolute atomic E-state index is 12.7. The highest BCUT2D eigenvalue weighted by Gasteiger charge is 2.27. The molecule has 1 unspecified atom stereocenters. The third-order valence-corrected chi connectivity index (χ3v) is 7.67. The Morgan fingerprint density at radius 3 is 2.57 bits per heavy atom. The number of anilines is 2. The molecule has 1 aliphatic rings. The van der Waals surface area contributed by atoms with Gasteiger partial charge in [-0.2, -0.15) is 19.6 Å². The van der Waals surface area contributed by atoms with Crippen LogP contribution in [-0.4, -0.2) is 60.0 Å². The summed E-state index contributed by atoms with van der Waals surface area (Å²) in [7, 11) is 2.13. The fourth-order valence-electron chi connectivity index (χ4n) is 3.90. The van der Waals surface area contributed by atoms with E-state index in [-0.39, 0.29) is 16.8 Å². The van der Waals surface area contributed by atoms with E-state index >= 15 is 0 Å². The summed E-state index contributed by atoms with van der Waals surface area (Å²) >= 11 is -1.23. The minimum atomic E-state index is -1.23. The molecule has 4 rings (SSSR count). The normalized spacial score (nSPS) is 16.6. The molecule has 0 saturated carbocycles. The molecule has 1 aromatic carbocycles. The van der Waals surface area contributed by atoms with E-state index in [1.54, 1.807) is 4.52 Å². The molecule has 0 spiro atoms. The molecule has 1 saturated heterocycles. The number of rotatable bonds is 8. The molecule has 1 atom stereocenters. The highest BCUT2D eigenvalue weighted by Crippen LogP contribution is 2.26. The predicted molar refractivity (Wildman–Crippen MR) is 141 cm³/mol. The molecule has 35 heavy (non-hydrogen) atoms. The lowest BCUT2D eigenvalue weighted by atomic mass is 10.1. The number of piperidine rings is 1. The molecule has 0 aliphatic carbocycles. The standard InChI is InChI=1S/C25H37N7O2S/c1-17(2)20-16-27-32-22(20)28-24(34-19-11-13-31(6)14-12-19)29-23(32)26-15-18-9-7-8-10-21(18)30-35(33)25(3,4)5/h7-10,16-17,19,30H,11-15H2,1-6H3,(H,26,28,29). The highest BCUT2D eigenvalue weighted by atomic mass is 32.2. The van der Waals surface area contributed by atoms with Crippen molar-refractivity contribution in [3.05, 3.63) is 41.6 Å². The summed E-state index contributed by atoms with van der Waals surface area (Å²) in [4.78, 5) is 11.7. The highest BCUT2D eigenvalue weighted by molar-refractivity contribution is 7.94. The average molecular weight is 500 g/mol. The third kappa shape index (κ3) is 6.17. The van der Waals surface area contributed by atoms with Crippen LogP contribution in [0.2, 0.25) is 0 Å². The van der Waals surface area contributed by atoms with Gasteiger partial charge in [0, 0.05) is 25.2 Å². The van der Waals surface area contributed by atoms with E-state index in [4.69, 9.17) is 14.7 Å². The minimum Gasteiger partial charge on any atom is -0.593 e. The maximum atomic E-state index is 12.7. The number of hydrogen-bond acceptors (Lipinski definition) is 8. The molecule has 10 heteroatoms. The second-order valence-electron chi connectivity index (χ2n) is 10.4. The van der Waals surface area contributed by atoms with Crippen LogP contribution in [0.15, 0.2) is 30.5 Å². The maximum Gasteiger partial charge on any atom is 0.322 e. The molecule has 3 heterocycles. The Morgan fingerprint density at radius 1 is 1.17 bits per heavy atom. The van der Waals surface area contributed by atoms with Gasteiger partial charge in [0.1, 0.15) is 10.9 Å². The molecule has 2 N–H and O–H groups in total. The number of nitrogens with zero attached hydrogens (tertiary/aromatic N) is 5. The summed E-state index contributed by atoms with van der Waals surface area (Å²) in [6.45, 7) is 12.6.